The predicted molar refractivity (Wildman–Crippen MR) is 79.4 cm³/mol. The quantitative estimate of drug-likeness (QED) is 0.648. The van der Waals surface area contributed by atoms with Crippen LogP contribution in [0.1, 0.15) is 0 Å². The largest absolute Gasteiger partial charge is 0.458 e. The van der Waals surface area contributed by atoms with Crippen molar-refractivity contribution < 1.29 is 24.8 Å². The third-order valence-corrected chi connectivity index (χ3v) is 4.16. The molecule has 1 aromatic heterocycles. The number of benzene rings is 1. The Balaban J connectivity index is 1.92. The Labute approximate surface area is 133 Å². The van der Waals surface area contributed by atoms with Crippen LogP contribution >= 0.6 is 27.5 Å². The fourth-order valence-electron chi connectivity index (χ4n) is 2.30. The van der Waals surface area contributed by atoms with E-state index in [9.17, 15) is 10.2 Å². The van der Waals surface area contributed by atoms with Gasteiger partial charge in [0.05, 0.1) is 12.1 Å². The molecule has 4 N–H and O–H groups in total. The molecule has 21 heavy (non-hydrogen) atoms. The maximum Gasteiger partial charge on any atom is 0.229 e. The molecular weight excluding hydrogens is 366 g/mol. The Morgan fingerprint density at radius 2 is 2.10 bits per heavy atom. The number of H-pyrrole nitrogens is 1. The van der Waals surface area contributed by atoms with Crippen LogP contribution in [-0.2, 0) is 4.74 Å². The van der Waals surface area contributed by atoms with E-state index in [1.165, 1.54) is 0 Å². The van der Waals surface area contributed by atoms with Crippen molar-refractivity contribution in [3.8, 4) is 5.75 Å². The van der Waals surface area contributed by atoms with E-state index in [-0.39, 0.29) is 5.15 Å². The number of fused-ring (bicyclic) bond motifs is 1. The molecule has 3 rings (SSSR count). The number of hydrogen-bond acceptors (Lipinski definition) is 5. The third kappa shape index (κ3) is 2.65. The molecule has 8 heteroatoms. The van der Waals surface area contributed by atoms with Crippen molar-refractivity contribution in [3.05, 3.63) is 27.8 Å². The number of ether oxygens (including phenoxy) is 2. The van der Waals surface area contributed by atoms with Crippen molar-refractivity contribution in [2.75, 3.05) is 6.61 Å². The van der Waals surface area contributed by atoms with Crippen LogP contribution in [0.25, 0.3) is 10.9 Å². The lowest BCUT2D eigenvalue weighted by Crippen LogP contribution is -2.35. The molecule has 1 aliphatic rings. The van der Waals surface area contributed by atoms with Gasteiger partial charge >= 0.3 is 0 Å². The molecule has 0 unspecified atom stereocenters. The molecule has 1 aromatic carbocycles. The van der Waals surface area contributed by atoms with Crippen LogP contribution in [0, 0.1) is 0 Å². The van der Waals surface area contributed by atoms with E-state index in [1.54, 1.807) is 0 Å². The van der Waals surface area contributed by atoms with Crippen molar-refractivity contribution in [3.63, 3.8) is 0 Å². The number of rotatable bonds is 3. The van der Waals surface area contributed by atoms with Gasteiger partial charge in [0.1, 0.15) is 23.5 Å². The summed E-state index contributed by atoms with van der Waals surface area (Å²) in [6.45, 7) is -0.411. The van der Waals surface area contributed by atoms with Crippen molar-refractivity contribution >= 4 is 38.4 Å². The van der Waals surface area contributed by atoms with Crippen LogP contribution in [0.4, 0.5) is 0 Å². The lowest BCUT2D eigenvalue weighted by atomic mass is 10.1. The highest BCUT2D eigenvalue weighted by atomic mass is 79.9. The van der Waals surface area contributed by atoms with Gasteiger partial charge in [-0.3, -0.25) is 0 Å². The van der Waals surface area contributed by atoms with E-state index >= 15 is 0 Å². The molecule has 6 nitrogen and oxygen atoms in total. The van der Waals surface area contributed by atoms with Gasteiger partial charge in [-0.15, -0.1) is 0 Å². The van der Waals surface area contributed by atoms with E-state index < -0.39 is 31.2 Å². The molecule has 1 fully saturated rings. The highest BCUT2D eigenvalue weighted by molar-refractivity contribution is 9.10. The Morgan fingerprint density at radius 1 is 1.33 bits per heavy atom. The summed E-state index contributed by atoms with van der Waals surface area (Å²) in [5, 5.41) is 29.7. The maximum atomic E-state index is 9.90. The fraction of sp³-hybridized carbons (Fsp3) is 0.385. The Hall–Kier alpha value is -0.830. The lowest BCUT2D eigenvalue weighted by molar-refractivity contribution is -0.115. The van der Waals surface area contributed by atoms with Gasteiger partial charge in [-0.25, -0.2) is 0 Å². The smallest absolute Gasteiger partial charge is 0.229 e. The van der Waals surface area contributed by atoms with Gasteiger partial charge < -0.3 is 29.8 Å². The maximum absolute atomic E-state index is 9.90. The summed E-state index contributed by atoms with van der Waals surface area (Å²) >= 11 is 9.47. The van der Waals surface area contributed by atoms with Crippen LogP contribution in [-0.4, -0.2) is 51.5 Å². The first-order chi connectivity index (χ1) is 10.0. The first-order valence-corrected chi connectivity index (χ1v) is 7.44. The van der Waals surface area contributed by atoms with Gasteiger partial charge in [-0.1, -0.05) is 27.5 Å². The number of aliphatic hydroxyl groups is 3. The van der Waals surface area contributed by atoms with Crippen LogP contribution in [0.5, 0.6) is 5.75 Å². The van der Waals surface area contributed by atoms with Crippen molar-refractivity contribution in [1.29, 1.82) is 0 Å². The Morgan fingerprint density at radius 3 is 2.76 bits per heavy atom. The summed E-state index contributed by atoms with van der Waals surface area (Å²) in [4.78, 5) is 2.95. The minimum absolute atomic E-state index is 0.265. The van der Waals surface area contributed by atoms with Gasteiger partial charge in [0.2, 0.25) is 6.29 Å². The Bertz CT molecular complexity index is 663. The normalized spacial score (nSPS) is 29.2. The van der Waals surface area contributed by atoms with E-state index in [0.717, 1.165) is 9.99 Å². The molecule has 0 aliphatic carbocycles. The highest BCUT2D eigenvalue weighted by Crippen LogP contribution is 2.37. The molecule has 2 aromatic rings. The first kappa shape index (κ1) is 15.1. The summed E-state index contributed by atoms with van der Waals surface area (Å²) < 4.78 is 11.7. The number of aromatic amines is 1. The second-order valence-electron chi connectivity index (χ2n) is 4.78. The average molecular weight is 379 g/mol. The molecule has 0 spiro atoms. The second-order valence-corrected chi connectivity index (χ2v) is 6.08. The summed E-state index contributed by atoms with van der Waals surface area (Å²) in [6.07, 6.45) is -4.47. The minimum Gasteiger partial charge on any atom is -0.458 e. The average Bonchev–Trinajstić information content (AvgIpc) is 2.91. The molecule has 0 amide bonds. The second kappa shape index (κ2) is 5.75. The SMILES string of the molecule is OC[C@H]1O[C@@H](Oc2c(Cl)[nH]c3ccc(Br)cc23)[C@H](O)[C@@H]1O. The molecule has 1 aliphatic heterocycles. The Kier molecular flexibility index (Phi) is 4.13. The van der Waals surface area contributed by atoms with Gasteiger partial charge in [0, 0.05) is 9.86 Å². The third-order valence-electron chi connectivity index (χ3n) is 3.40. The zero-order valence-electron chi connectivity index (χ0n) is 10.7. The standard InChI is InChI=1S/C13H13BrClNO5/c14-5-1-2-7-6(3-5)11(12(15)16-7)21-13-10(19)9(18)8(4-17)20-13/h1-3,8-10,13,16-19H,4H2/t8-,9-,10-,13+/m1/s1. The molecule has 1 saturated heterocycles. The van der Waals surface area contributed by atoms with Crippen molar-refractivity contribution in [2.45, 2.75) is 24.6 Å². The predicted octanol–water partition coefficient (Wildman–Crippen LogP) is 1.40. The molecule has 2 heterocycles. The fourth-order valence-corrected chi connectivity index (χ4v) is 2.91. The van der Waals surface area contributed by atoms with Crippen molar-refractivity contribution in [1.82, 2.24) is 4.98 Å². The van der Waals surface area contributed by atoms with Gasteiger partial charge in [-0.2, -0.15) is 0 Å². The zero-order chi connectivity index (χ0) is 15.1. The zero-order valence-corrected chi connectivity index (χ0v) is 13.0. The van der Waals surface area contributed by atoms with E-state index in [0.29, 0.717) is 11.1 Å². The summed E-state index contributed by atoms with van der Waals surface area (Å²) in [7, 11) is 0. The number of nitrogens with one attached hydrogen (secondary N) is 1. The molecule has 4 atom stereocenters. The molecular formula is C13H13BrClNO5. The number of halogens is 2. The van der Waals surface area contributed by atoms with Gasteiger partial charge in [0.15, 0.2) is 5.75 Å². The van der Waals surface area contributed by atoms with Crippen molar-refractivity contribution in [2.24, 2.45) is 0 Å². The number of aliphatic hydroxyl groups excluding tert-OH is 3. The van der Waals surface area contributed by atoms with Crippen LogP contribution < -0.4 is 4.74 Å². The van der Waals surface area contributed by atoms with Gasteiger partial charge in [0.25, 0.3) is 0 Å². The molecule has 0 bridgehead atoms. The van der Waals surface area contributed by atoms with E-state index in [1.807, 2.05) is 18.2 Å². The number of hydrogen-bond donors (Lipinski definition) is 4. The summed E-state index contributed by atoms with van der Waals surface area (Å²) in [5.41, 5.74) is 0.768. The number of aromatic nitrogens is 1. The summed E-state index contributed by atoms with van der Waals surface area (Å²) in [5.74, 6) is 0.322. The van der Waals surface area contributed by atoms with E-state index in [2.05, 4.69) is 20.9 Å². The molecule has 0 radical (unpaired) electrons. The van der Waals surface area contributed by atoms with Gasteiger partial charge in [-0.05, 0) is 18.2 Å². The van der Waals surface area contributed by atoms with Crippen LogP contribution in [0.3, 0.4) is 0 Å². The van der Waals surface area contributed by atoms with Crippen LogP contribution in [0.15, 0.2) is 22.7 Å². The monoisotopic (exact) mass is 377 g/mol. The molecule has 114 valence electrons. The minimum atomic E-state index is -1.27. The summed E-state index contributed by atoms with van der Waals surface area (Å²) in [6, 6.07) is 5.50. The molecule has 0 saturated carbocycles. The highest BCUT2D eigenvalue weighted by Gasteiger charge is 2.44. The van der Waals surface area contributed by atoms with Crippen LogP contribution in [0.2, 0.25) is 5.15 Å². The topological polar surface area (TPSA) is 94.9 Å². The first-order valence-electron chi connectivity index (χ1n) is 6.27. The lowest BCUT2D eigenvalue weighted by Gasteiger charge is -2.16. The van der Waals surface area contributed by atoms with E-state index in [4.69, 9.17) is 26.2 Å².